The van der Waals surface area contributed by atoms with Gasteiger partial charge in [0.2, 0.25) is 5.91 Å². The molecule has 0 aliphatic carbocycles. The van der Waals surface area contributed by atoms with E-state index in [9.17, 15) is 9.18 Å². The average molecular weight is 210 g/mol. The Morgan fingerprint density at radius 1 is 1.53 bits per heavy atom. The molecule has 1 atom stereocenters. The molecule has 1 aromatic carbocycles. The molecule has 0 heterocycles. The minimum absolute atomic E-state index is 0.0956. The number of nitrogens with one attached hydrogen (secondary N) is 2. The van der Waals surface area contributed by atoms with Crippen LogP contribution in [0.5, 0.6) is 0 Å². The lowest BCUT2D eigenvalue weighted by atomic mass is 10.2. The second kappa shape index (κ2) is 5.46. The molecule has 0 bridgehead atoms. The predicted octanol–water partition coefficient (Wildman–Crippen LogP) is 1.05. The predicted molar refractivity (Wildman–Crippen MR) is 56.8 cm³/mol. The van der Waals surface area contributed by atoms with E-state index < -0.39 is 0 Å². The zero-order valence-corrected chi connectivity index (χ0v) is 8.88. The van der Waals surface area contributed by atoms with Gasteiger partial charge >= 0.3 is 0 Å². The van der Waals surface area contributed by atoms with E-state index in [1.165, 1.54) is 12.1 Å². The molecular weight excluding hydrogens is 195 g/mol. The number of halogens is 1. The molecule has 82 valence electrons. The SMILES string of the molecule is CNC(C)C(=O)NCc1cccc(F)c1. The zero-order valence-electron chi connectivity index (χ0n) is 8.88. The van der Waals surface area contributed by atoms with Crippen LogP contribution < -0.4 is 10.6 Å². The highest BCUT2D eigenvalue weighted by Gasteiger charge is 2.08. The highest BCUT2D eigenvalue weighted by Crippen LogP contribution is 2.02. The van der Waals surface area contributed by atoms with Crippen molar-refractivity contribution < 1.29 is 9.18 Å². The molecule has 2 N–H and O–H groups in total. The summed E-state index contributed by atoms with van der Waals surface area (Å²) < 4.78 is 12.8. The Labute approximate surface area is 88.7 Å². The van der Waals surface area contributed by atoms with Gasteiger partial charge in [-0.2, -0.15) is 0 Å². The van der Waals surface area contributed by atoms with Crippen LogP contribution in [0.15, 0.2) is 24.3 Å². The molecule has 0 spiro atoms. The van der Waals surface area contributed by atoms with Gasteiger partial charge < -0.3 is 10.6 Å². The molecule has 1 amide bonds. The van der Waals surface area contributed by atoms with Gasteiger partial charge in [0.1, 0.15) is 5.82 Å². The van der Waals surface area contributed by atoms with E-state index in [0.29, 0.717) is 6.54 Å². The molecule has 3 nitrogen and oxygen atoms in total. The summed E-state index contributed by atoms with van der Waals surface area (Å²) in [7, 11) is 1.71. The molecule has 4 heteroatoms. The van der Waals surface area contributed by atoms with Gasteiger partial charge in [0.25, 0.3) is 0 Å². The lowest BCUT2D eigenvalue weighted by Crippen LogP contribution is -2.39. The Hall–Kier alpha value is -1.42. The van der Waals surface area contributed by atoms with Crippen molar-refractivity contribution >= 4 is 5.91 Å². The highest BCUT2D eigenvalue weighted by molar-refractivity contribution is 5.81. The van der Waals surface area contributed by atoms with E-state index in [0.717, 1.165) is 5.56 Å². The number of rotatable bonds is 4. The van der Waals surface area contributed by atoms with Gasteiger partial charge in [0.05, 0.1) is 6.04 Å². The van der Waals surface area contributed by atoms with Crippen LogP contribution >= 0.6 is 0 Å². The molecule has 0 radical (unpaired) electrons. The topological polar surface area (TPSA) is 41.1 Å². The van der Waals surface area contributed by atoms with Crippen LogP contribution in [0.4, 0.5) is 4.39 Å². The highest BCUT2D eigenvalue weighted by atomic mass is 19.1. The third-order valence-electron chi connectivity index (χ3n) is 2.18. The zero-order chi connectivity index (χ0) is 11.3. The summed E-state index contributed by atoms with van der Waals surface area (Å²) in [5.74, 6) is -0.384. The summed E-state index contributed by atoms with van der Waals surface area (Å²) in [4.78, 5) is 11.4. The van der Waals surface area contributed by atoms with Crippen molar-refractivity contribution in [3.05, 3.63) is 35.6 Å². The van der Waals surface area contributed by atoms with Gasteiger partial charge in [0, 0.05) is 6.54 Å². The van der Waals surface area contributed by atoms with Crippen LogP contribution in [-0.4, -0.2) is 19.0 Å². The van der Waals surface area contributed by atoms with E-state index in [1.807, 2.05) is 0 Å². The second-order valence-corrected chi connectivity index (χ2v) is 3.36. The molecule has 0 fully saturated rings. The van der Waals surface area contributed by atoms with Gasteiger partial charge in [-0.1, -0.05) is 12.1 Å². The summed E-state index contributed by atoms with van der Waals surface area (Å²) in [5, 5.41) is 5.53. The molecule has 0 saturated heterocycles. The maximum absolute atomic E-state index is 12.8. The van der Waals surface area contributed by atoms with E-state index in [-0.39, 0.29) is 17.8 Å². The molecule has 15 heavy (non-hydrogen) atoms. The van der Waals surface area contributed by atoms with Crippen molar-refractivity contribution in [2.75, 3.05) is 7.05 Å². The fraction of sp³-hybridized carbons (Fsp3) is 0.364. The largest absolute Gasteiger partial charge is 0.351 e. The molecule has 1 rings (SSSR count). The monoisotopic (exact) mass is 210 g/mol. The first-order valence-electron chi connectivity index (χ1n) is 4.83. The smallest absolute Gasteiger partial charge is 0.237 e. The molecule has 0 aliphatic heterocycles. The lowest BCUT2D eigenvalue weighted by molar-refractivity contribution is -0.122. The number of hydrogen-bond acceptors (Lipinski definition) is 2. The first kappa shape index (κ1) is 11.7. The van der Waals surface area contributed by atoms with Crippen molar-refractivity contribution in [2.24, 2.45) is 0 Å². The quantitative estimate of drug-likeness (QED) is 0.780. The number of carbonyl (C=O) groups is 1. The lowest BCUT2D eigenvalue weighted by Gasteiger charge is -2.10. The van der Waals surface area contributed by atoms with E-state index in [2.05, 4.69) is 10.6 Å². The Morgan fingerprint density at radius 2 is 2.27 bits per heavy atom. The third-order valence-corrected chi connectivity index (χ3v) is 2.18. The van der Waals surface area contributed by atoms with E-state index >= 15 is 0 Å². The van der Waals surface area contributed by atoms with Gasteiger partial charge in [-0.25, -0.2) is 4.39 Å². The summed E-state index contributed by atoms with van der Waals surface area (Å²) in [6, 6.07) is 5.94. The Balaban J connectivity index is 2.47. The third kappa shape index (κ3) is 3.67. The van der Waals surface area contributed by atoms with Crippen LogP contribution in [-0.2, 0) is 11.3 Å². The molecule has 0 saturated carbocycles. The number of amides is 1. The summed E-state index contributed by atoms with van der Waals surface area (Å²) in [5.41, 5.74) is 0.756. The number of benzene rings is 1. The average Bonchev–Trinajstić information content (AvgIpc) is 2.25. The Bertz CT molecular complexity index is 341. The van der Waals surface area contributed by atoms with Crippen molar-refractivity contribution in [3.63, 3.8) is 0 Å². The standard InChI is InChI=1S/C11H15FN2O/c1-8(13-2)11(15)14-7-9-4-3-5-10(12)6-9/h3-6,8,13H,7H2,1-2H3,(H,14,15). The fourth-order valence-corrected chi connectivity index (χ4v) is 1.12. The minimum atomic E-state index is -0.289. The number of likely N-dealkylation sites (N-methyl/N-ethyl adjacent to an activating group) is 1. The Kier molecular flexibility index (Phi) is 4.24. The van der Waals surface area contributed by atoms with Crippen LogP contribution in [0.3, 0.4) is 0 Å². The van der Waals surface area contributed by atoms with Crippen LogP contribution in [0, 0.1) is 5.82 Å². The number of hydrogen-bond donors (Lipinski definition) is 2. The Morgan fingerprint density at radius 3 is 2.87 bits per heavy atom. The van der Waals surface area contributed by atoms with Crippen molar-refractivity contribution in [1.82, 2.24) is 10.6 Å². The van der Waals surface area contributed by atoms with Crippen LogP contribution in [0.1, 0.15) is 12.5 Å². The molecule has 0 aliphatic rings. The maximum Gasteiger partial charge on any atom is 0.237 e. The molecular formula is C11H15FN2O. The fourth-order valence-electron chi connectivity index (χ4n) is 1.12. The first-order chi connectivity index (χ1) is 7.13. The van der Waals surface area contributed by atoms with Gasteiger partial charge in [0.15, 0.2) is 0 Å². The second-order valence-electron chi connectivity index (χ2n) is 3.36. The molecule has 1 unspecified atom stereocenters. The van der Waals surface area contributed by atoms with Gasteiger partial charge in [-0.3, -0.25) is 4.79 Å². The van der Waals surface area contributed by atoms with Crippen molar-refractivity contribution in [2.45, 2.75) is 19.5 Å². The van der Waals surface area contributed by atoms with Crippen molar-refractivity contribution in [3.8, 4) is 0 Å². The summed E-state index contributed by atoms with van der Waals surface area (Å²) >= 11 is 0. The van der Waals surface area contributed by atoms with Gasteiger partial charge in [-0.05, 0) is 31.7 Å². The van der Waals surface area contributed by atoms with E-state index in [1.54, 1.807) is 26.1 Å². The molecule has 1 aromatic rings. The van der Waals surface area contributed by atoms with E-state index in [4.69, 9.17) is 0 Å². The van der Waals surface area contributed by atoms with Gasteiger partial charge in [-0.15, -0.1) is 0 Å². The normalized spacial score (nSPS) is 12.2. The molecule has 0 aromatic heterocycles. The minimum Gasteiger partial charge on any atom is -0.351 e. The van der Waals surface area contributed by atoms with Crippen LogP contribution in [0.25, 0.3) is 0 Å². The summed E-state index contributed by atoms with van der Waals surface area (Å²) in [6.45, 7) is 2.11. The first-order valence-corrected chi connectivity index (χ1v) is 4.83. The maximum atomic E-state index is 12.8. The van der Waals surface area contributed by atoms with Crippen LogP contribution in [0.2, 0.25) is 0 Å². The van der Waals surface area contributed by atoms with Crippen molar-refractivity contribution in [1.29, 1.82) is 0 Å². The summed E-state index contributed by atoms with van der Waals surface area (Å²) in [6.07, 6.45) is 0. The number of carbonyl (C=O) groups excluding carboxylic acids is 1.